The summed E-state index contributed by atoms with van der Waals surface area (Å²) in [6.45, 7) is 1.10. The number of carboxylic acid groups (broad SMARTS) is 1. The van der Waals surface area contributed by atoms with Crippen molar-refractivity contribution in [2.75, 3.05) is 24.5 Å². The highest BCUT2D eigenvalue weighted by Gasteiger charge is 2.35. The molecular formula is C25H26N6O3S. The maximum absolute atomic E-state index is 12.4. The van der Waals surface area contributed by atoms with Crippen molar-refractivity contribution in [3.8, 4) is 12.1 Å². The molecule has 35 heavy (non-hydrogen) atoms. The number of nitrogens with two attached hydrogens (primary N) is 1. The molecule has 10 heteroatoms. The Morgan fingerprint density at radius 1 is 1.14 bits per heavy atom. The van der Waals surface area contributed by atoms with E-state index in [0.717, 1.165) is 30.2 Å². The average molecular weight is 491 g/mol. The monoisotopic (exact) mass is 490 g/mol. The predicted octanol–water partition coefficient (Wildman–Crippen LogP) is 2.66. The predicted molar refractivity (Wildman–Crippen MR) is 131 cm³/mol. The summed E-state index contributed by atoms with van der Waals surface area (Å²) in [4.78, 5) is 30.0. The number of hydrogen-bond donors (Lipinski definition) is 3. The van der Waals surface area contributed by atoms with E-state index in [1.165, 1.54) is 0 Å². The number of hydrogen-bond acceptors (Lipinski definition) is 8. The minimum atomic E-state index is -0.897. The van der Waals surface area contributed by atoms with Gasteiger partial charge in [0, 0.05) is 19.1 Å². The van der Waals surface area contributed by atoms with Gasteiger partial charge in [0.2, 0.25) is 5.91 Å². The number of amides is 1. The van der Waals surface area contributed by atoms with E-state index in [9.17, 15) is 20.1 Å². The first-order valence-electron chi connectivity index (χ1n) is 11.5. The summed E-state index contributed by atoms with van der Waals surface area (Å²) in [6.07, 6.45) is 3.20. The molecule has 1 aliphatic carbocycles. The molecule has 180 valence electrons. The number of carbonyl (C=O) groups excluding carboxylic acids is 1. The van der Waals surface area contributed by atoms with Crippen LogP contribution < -0.4 is 16.0 Å². The van der Waals surface area contributed by atoms with Crippen LogP contribution in [0.3, 0.4) is 0 Å². The maximum atomic E-state index is 12.4. The molecule has 2 aliphatic rings. The Balaban J connectivity index is 1.70. The molecule has 1 aromatic heterocycles. The molecule has 2 aromatic rings. The lowest BCUT2D eigenvalue weighted by Gasteiger charge is -2.34. The number of piperidine rings is 1. The van der Waals surface area contributed by atoms with Crippen molar-refractivity contribution >= 4 is 29.5 Å². The van der Waals surface area contributed by atoms with Gasteiger partial charge in [-0.3, -0.25) is 9.59 Å². The molecular weight excluding hydrogens is 464 g/mol. The average Bonchev–Trinajstić information content (AvgIpc) is 3.71. The van der Waals surface area contributed by atoms with Gasteiger partial charge in [0.15, 0.2) is 0 Å². The summed E-state index contributed by atoms with van der Waals surface area (Å²) in [7, 11) is 0. The number of benzene rings is 1. The van der Waals surface area contributed by atoms with Crippen LogP contribution >= 0.6 is 11.8 Å². The second kappa shape index (κ2) is 10.8. The molecule has 1 unspecified atom stereocenters. The van der Waals surface area contributed by atoms with Gasteiger partial charge < -0.3 is 21.1 Å². The summed E-state index contributed by atoms with van der Waals surface area (Å²) in [5, 5.41) is 31.8. The second-order valence-electron chi connectivity index (χ2n) is 8.75. The lowest BCUT2D eigenvalue weighted by atomic mass is 9.98. The van der Waals surface area contributed by atoms with E-state index in [0.29, 0.717) is 53.5 Å². The van der Waals surface area contributed by atoms with Gasteiger partial charge in [-0.25, -0.2) is 4.98 Å². The Bertz CT molecular complexity index is 1190. The minimum absolute atomic E-state index is 0.0698. The number of carbonyl (C=O) groups is 2. The standard InChI is InChI=1S/C25H26N6O3S/c26-12-18-21(15-6-7-15)19(13-27)25(35-22(23(28)34)16-4-2-1-3-5-16)30-24(18)31-10-8-17(9-11-31)29-14-20(32)33/h1-5,15,17,22,29H,6-11,14H2,(H2,28,34)(H,32,33). The summed E-state index contributed by atoms with van der Waals surface area (Å²) in [5.74, 6) is -0.787. The first-order valence-corrected chi connectivity index (χ1v) is 12.4. The molecule has 2 heterocycles. The molecule has 9 nitrogen and oxygen atoms in total. The van der Waals surface area contributed by atoms with E-state index < -0.39 is 17.1 Å². The van der Waals surface area contributed by atoms with Crippen LogP contribution in [-0.2, 0) is 9.59 Å². The Kier molecular flexibility index (Phi) is 7.54. The zero-order chi connectivity index (χ0) is 24.9. The van der Waals surface area contributed by atoms with Gasteiger partial charge in [0.1, 0.15) is 28.2 Å². The Morgan fingerprint density at radius 3 is 2.34 bits per heavy atom. The van der Waals surface area contributed by atoms with Crippen molar-refractivity contribution in [3.63, 3.8) is 0 Å². The van der Waals surface area contributed by atoms with Crippen LogP contribution in [-0.4, -0.2) is 47.6 Å². The van der Waals surface area contributed by atoms with Gasteiger partial charge in [0.05, 0.1) is 17.7 Å². The smallest absolute Gasteiger partial charge is 0.317 e. The molecule has 1 amide bonds. The van der Waals surface area contributed by atoms with Crippen molar-refractivity contribution in [2.24, 2.45) is 5.73 Å². The number of aliphatic carboxylic acids is 1. The van der Waals surface area contributed by atoms with Crippen LogP contribution in [0.15, 0.2) is 35.4 Å². The quantitative estimate of drug-likeness (QED) is 0.450. The second-order valence-corrected chi connectivity index (χ2v) is 9.84. The summed E-state index contributed by atoms with van der Waals surface area (Å²) >= 11 is 1.15. The van der Waals surface area contributed by atoms with E-state index in [1.54, 1.807) is 0 Å². The molecule has 1 aromatic carbocycles. The molecule has 1 aliphatic heterocycles. The molecule has 4 N–H and O–H groups in total. The highest BCUT2D eigenvalue weighted by atomic mass is 32.2. The van der Waals surface area contributed by atoms with Crippen molar-refractivity contribution < 1.29 is 14.7 Å². The van der Waals surface area contributed by atoms with Crippen molar-refractivity contribution in [1.29, 1.82) is 10.5 Å². The highest BCUT2D eigenvalue weighted by Crippen LogP contribution is 2.48. The number of carboxylic acids is 1. The molecule has 2 fully saturated rings. The van der Waals surface area contributed by atoms with E-state index in [4.69, 9.17) is 15.8 Å². The molecule has 0 radical (unpaired) electrons. The Morgan fingerprint density at radius 2 is 1.80 bits per heavy atom. The Labute approximate surface area is 207 Å². The number of primary amides is 1. The van der Waals surface area contributed by atoms with Crippen molar-refractivity contribution in [1.82, 2.24) is 10.3 Å². The van der Waals surface area contributed by atoms with E-state index in [2.05, 4.69) is 17.5 Å². The zero-order valence-electron chi connectivity index (χ0n) is 19.1. The number of nitriles is 2. The maximum Gasteiger partial charge on any atom is 0.317 e. The van der Waals surface area contributed by atoms with Gasteiger partial charge in [-0.15, -0.1) is 0 Å². The third-order valence-corrected chi connectivity index (χ3v) is 7.58. The fourth-order valence-corrected chi connectivity index (χ4v) is 5.48. The number of nitrogens with zero attached hydrogens (tertiary/aromatic N) is 4. The zero-order valence-corrected chi connectivity index (χ0v) is 19.9. The topological polar surface area (TPSA) is 156 Å². The molecule has 1 saturated heterocycles. The van der Waals surface area contributed by atoms with Gasteiger partial charge >= 0.3 is 5.97 Å². The normalized spacial score (nSPS) is 16.8. The number of pyridine rings is 1. The van der Waals surface area contributed by atoms with Gasteiger partial charge in [-0.05, 0) is 42.7 Å². The number of thioether (sulfide) groups is 1. The molecule has 4 rings (SSSR count). The molecule has 1 atom stereocenters. The molecule has 0 bridgehead atoms. The summed E-state index contributed by atoms with van der Waals surface area (Å²) < 4.78 is 0. The summed E-state index contributed by atoms with van der Waals surface area (Å²) in [5.41, 5.74) is 7.94. The summed E-state index contributed by atoms with van der Waals surface area (Å²) in [6, 6.07) is 13.7. The minimum Gasteiger partial charge on any atom is -0.480 e. The van der Waals surface area contributed by atoms with E-state index in [-0.39, 0.29) is 18.5 Å². The number of anilines is 1. The van der Waals surface area contributed by atoms with Crippen LogP contribution in [0.5, 0.6) is 0 Å². The largest absolute Gasteiger partial charge is 0.480 e. The first kappa shape index (κ1) is 24.5. The van der Waals surface area contributed by atoms with Gasteiger partial charge in [0.25, 0.3) is 0 Å². The third kappa shape index (κ3) is 5.56. The molecule has 0 spiro atoms. The van der Waals surface area contributed by atoms with Crippen molar-refractivity contribution in [3.05, 3.63) is 52.6 Å². The Hall–Kier alpha value is -3.60. The lowest BCUT2D eigenvalue weighted by Crippen LogP contribution is -2.44. The van der Waals surface area contributed by atoms with Gasteiger partial charge in [-0.2, -0.15) is 10.5 Å². The van der Waals surface area contributed by atoms with Crippen LogP contribution in [0, 0.1) is 22.7 Å². The number of rotatable bonds is 9. The number of nitrogens with one attached hydrogen (secondary N) is 1. The fourth-order valence-electron chi connectivity index (χ4n) is 4.44. The number of aromatic nitrogens is 1. The van der Waals surface area contributed by atoms with Crippen LogP contribution in [0.4, 0.5) is 5.82 Å². The van der Waals surface area contributed by atoms with Gasteiger partial charge in [-0.1, -0.05) is 42.1 Å². The first-order chi connectivity index (χ1) is 16.9. The van der Waals surface area contributed by atoms with E-state index in [1.807, 2.05) is 35.2 Å². The van der Waals surface area contributed by atoms with Crippen LogP contribution in [0.1, 0.15) is 59.1 Å². The van der Waals surface area contributed by atoms with E-state index >= 15 is 0 Å². The van der Waals surface area contributed by atoms with Crippen molar-refractivity contribution in [2.45, 2.75) is 47.9 Å². The lowest BCUT2D eigenvalue weighted by molar-refractivity contribution is -0.136. The molecule has 1 saturated carbocycles. The highest BCUT2D eigenvalue weighted by molar-refractivity contribution is 8.00. The fraction of sp³-hybridized carbons (Fsp3) is 0.400. The van der Waals surface area contributed by atoms with Crippen LogP contribution in [0.25, 0.3) is 0 Å². The SMILES string of the molecule is N#Cc1c(SC(C(N)=O)c2ccccc2)nc(N2CCC(NCC(=O)O)CC2)c(C#N)c1C1CC1. The van der Waals surface area contributed by atoms with Crippen LogP contribution in [0.2, 0.25) is 0 Å². The third-order valence-electron chi connectivity index (χ3n) is 6.32.